The van der Waals surface area contributed by atoms with Crippen molar-refractivity contribution in [3.63, 3.8) is 0 Å². The molecule has 4 heteroatoms. The molecule has 0 saturated heterocycles. The maximum Gasteiger partial charge on any atom is 0.310 e. The van der Waals surface area contributed by atoms with E-state index in [1.165, 1.54) is 57.8 Å². The second-order valence-corrected chi connectivity index (χ2v) is 8.68. The minimum Gasteiger partial charge on any atom is -0.481 e. The van der Waals surface area contributed by atoms with Crippen molar-refractivity contribution in [2.45, 2.75) is 110 Å². The van der Waals surface area contributed by atoms with Crippen LogP contribution in [0.1, 0.15) is 104 Å². The van der Waals surface area contributed by atoms with E-state index in [2.05, 4.69) is 20.8 Å². The molecule has 0 heterocycles. The number of hydrogen-bond acceptors (Lipinski definition) is 3. The number of carboxylic acids is 1. The quantitative estimate of drug-likeness (QED) is 0.195. The zero-order valence-electron chi connectivity index (χ0n) is 18.3. The molecule has 0 saturated carbocycles. The lowest BCUT2D eigenvalue weighted by atomic mass is 9.83. The van der Waals surface area contributed by atoms with Gasteiger partial charge in [0.15, 0.2) is 0 Å². The van der Waals surface area contributed by atoms with Crippen LogP contribution in [-0.2, 0) is 14.3 Å². The van der Waals surface area contributed by atoms with E-state index in [4.69, 9.17) is 4.74 Å². The van der Waals surface area contributed by atoms with Gasteiger partial charge in [-0.2, -0.15) is 0 Å². The van der Waals surface area contributed by atoms with Gasteiger partial charge < -0.3 is 9.84 Å². The Balaban J connectivity index is 2.27. The van der Waals surface area contributed by atoms with E-state index in [0.29, 0.717) is 12.8 Å². The van der Waals surface area contributed by atoms with Gasteiger partial charge in [-0.1, -0.05) is 90.7 Å². The summed E-state index contributed by atoms with van der Waals surface area (Å²) in [4.78, 5) is 24.0. The van der Waals surface area contributed by atoms with Crippen molar-refractivity contribution in [3.8, 4) is 0 Å². The molecule has 0 amide bonds. The van der Waals surface area contributed by atoms with Gasteiger partial charge in [0.25, 0.3) is 0 Å². The summed E-state index contributed by atoms with van der Waals surface area (Å²) < 4.78 is 5.78. The van der Waals surface area contributed by atoms with Crippen LogP contribution < -0.4 is 0 Å². The van der Waals surface area contributed by atoms with Gasteiger partial charge in [-0.3, -0.25) is 9.59 Å². The van der Waals surface area contributed by atoms with Crippen molar-refractivity contribution < 1.29 is 19.4 Å². The Labute approximate surface area is 172 Å². The third-order valence-electron chi connectivity index (χ3n) is 5.91. The van der Waals surface area contributed by atoms with E-state index in [-0.39, 0.29) is 18.0 Å². The Morgan fingerprint density at radius 1 is 0.893 bits per heavy atom. The SMILES string of the molecule is CCCCCCCCCCCCC(OC(=O)C1CC=CCC1C(=O)O)C(C)C. The number of ether oxygens (including phenoxy) is 1. The van der Waals surface area contributed by atoms with Gasteiger partial charge in [0.1, 0.15) is 6.10 Å². The van der Waals surface area contributed by atoms with Gasteiger partial charge in [-0.15, -0.1) is 0 Å². The Hall–Kier alpha value is -1.32. The first kappa shape index (κ1) is 24.7. The fourth-order valence-corrected chi connectivity index (χ4v) is 3.95. The number of carbonyl (C=O) groups excluding carboxylic acids is 1. The molecule has 1 N–H and O–H groups in total. The number of allylic oxidation sites excluding steroid dienone is 2. The van der Waals surface area contributed by atoms with Crippen LogP contribution in [0.4, 0.5) is 0 Å². The highest BCUT2D eigenvalue weighted by Gasteiger charge is 2.36. The summed E-state index contributed by atoms with van der Waals surface area (Å²) in [6.45, 7) is 6.39. The summed E-state index contributed by atoms with van der Waals surface area (Å²) in [5.41, 5.74) is 0. The minimum atomic E-state index is -0.901. The third-order valence-corrected chi connectivity index (χ3v) is 5.91. The van der Waals surface area contributed by atoms with Crippen LogP contribution in [0.25, 0.3) is 0 Å². The highest BCUT2D eigenvalue weighted by Crippen LogP contribution is 2.28. The fourth-order valence-electron chi connectivity index (χ4n) is 3.95. The maximum atomic E-state index is 12.6. The fraction of sp³-hybridized carbons (Fsp3) is 0.833. The average Bonchev–Trinajstić information content (AvgIpc) is 2.68. The van der Waals surface area contributed by atoms with Gasteiger partial charge >= 0.3 is 11.9 Å². The van der Waals surface area contributed by atoms with E-state index in [9.17, 15) is 14.7 Å². The molecule has 0 spiro atoms. The highest BCUT2D eigenvalue weighted by molar-refractivity contribution is 5.81. The molecular formula is C24H42O4. The lowest BCUT2D eigenvalue weighted by Crippen LogP contribution is -2.35. The summed E-state index contributed by atoms with van der Waals surface area (Å²) in [5.74, 6) is -2.17. The van der Waals surface area contributed by atoms with Crippen LogP contribution in [0.2, 0.25) is 0 Å². The summed E-state index contributed by atoms with van der Waals surface area (Å²) in [5, 5.41) is 9.36. The first-order valence-electron chi connectivity index (χ1n) is 11.6. The van der Waals surface area contributed by atoms with Crippen LogP contribution in [-0.4, -0.2) is 23.1 Å². The molecular weight excluding hydrogens is 352 g/mol. The Morgan fingerprint density at radius 3 is 1.89 bits per heavy atom. The number of carbonyl (C=O) groups is 2. The van der Waals surface area contributed by atoms with Gasteiger partial charge in [0.2, 0.25) is 0 Å². The lowest BCUT2D eigenvalue weighted by molar-refractivity contribution is -0.164. The van der Waals surface area contributed by atoms with Crippen molar-refractivity contribution in [2.24, 2.45) is 17.8 Å². The third kappa shape index (κ3) is 9.75. The predicted octanol–water partition coefficient (Wildman–Crippen LogP) is 6.53. The zero-order chi connectivity index (χ0) is 20.8. The van der Waals surface area contributed by atoms with Gasteiger partial charge in [-0.05, 0) is 31.6 Å². The molecule has 4 nitrogen and oxygen atoms in total. The Morgan fingerprint density at radius 2 is 1.39 bits per heavy atom. The van der Waals surface area contributed by atoms with Crippen LogP contribution >= 0.6 is 0 Å². The summed E-state index contributed by atoms with van der Waals surface area (Å²) >= 11 is 0. The van der Waals surface area contributed by atoms with Gasteiger partial charge in [0, 0.05) is 0 Å². The van der Waals surface area contributed by atoms with Crippen LogP contribution in [0, 0.1) is 17.8 Å². The molecule has 0 aromatic carbocycles. The number of aliphatic carboxylic acids is 1. The first-order valence-corrected chi connectivity index (χ1v) is 11.6. The maximum absolute atomic E-state index is 12.6. The Kier molecular flexibility index (Phi) is 12.9. The molecule has 0 bridgehead atoms. The molecule has 3 atom stereocenters. The molecule has 0 aromatic rings. The van der Waals surface area contributed by atoms with Crippen molar-refractivity contribution in [1.29, 1.82) is 0 Å². The molecule has 0 aliphatic heterocycles. The average molecular weight is 395 g/mol. The van der Waals surface area contributed by atoms with Crippen LogP contribution in [0.3, 0.4) is 0 Å². The van der Waals surface area contributed by atoms with Crippen molar-refractivity contribution in [1.82, 2.24) is 0 Å². The van der Waals surface area contributed by atoms with Crippen molar-refractivity contribution in [3.05, 3.63) is 12.2 Å². The topological polar surface area (TPSA) is 63.6 Å². The molecule has 0 radical (unpaired) electrons. The first-order chi connectivity index (χ1) is 13.5. The van der Waals surface area contributed by atoms with E-state index >= 15 is 0 Å². The number of rotatable bonds is 15. The molecule has 1 rings (SSSR count). The minimum absolute atomic E-state index is 0.109. The number of unbranched alkanes of at least 4 members (excludes halogenated alkanes) is 9. The van der Waals surface area contributed by atoms with Gasteiger partial charge in [-0.25, -0.2) is 0 Å². The smallest absolute Gasteiger partial charge is 0.310 e. The molecule has 0 aromatic heterocycles. The number of esters is 1. The van der Waals surface area contributed by atoms with Crippen molar-refractivity contribution in [2.75, 3.05) is 0 Å². The van der Waals surface area contributed by atoms with E-state index in [1.54, 1.807) is 0 Å². The largest absolute Gasteiger partial charge is 0.481 e. The highest BCUT2D eigenvalue weighted by atomic mass is 16.5. The lowest BCUT2D eigenvalue weighted by Gasteiger charge is -2.28. The molecule has 1 aliphatic carbocycles. The van der Waals surface area contributed by atoms with E-state index in [1.807, 2.05) is 12.2 Å². The number of hydrogen-bond donors (Lipinski definition) is 1. The normalized spacial score (nSPS) is 20.3. The molecule has 3 unspecified atom stereocenters. The summed E-state index contributed by atoms with van der Waals surface area (Å²) in [7, 11) is 0. The van der Waals surface area contributed by atoms with E-state index < -0.39 is 17.8 Å². The summed E-state index contributed by atoms with van der Waals surface area (Å²) in [6, 6.07) is 0. The standard InChI is InChI=1S/C24H42O4/c1-4-5-6-7-8-9-10-11-12-13-18-22(19(2)3)28-24(27)21-17-15-14-16-20(21)23(25)26/h14-15,19-22H,4-13,16-18H2,1-3H3,(H,25,26). The zero-order valence-corrected chi connectivity index (χ0v) is 18.3. The molecule has 1 aliphatic rings. The van der Waals surface area contributed by atoms with Crippen molar-refractivity contribution >= 4 is 11.9 Å². The second-order valence-electron chi connectivity index (χ2n) is 8.68. The molecule has 162 valence electrons. The Bertz CT molecular complexity index is 469. The van der Waals surface area contributed by atoms with E-state index in [0.717, 1.165) is 12.8 Å². The monoisotopic (exact) mass is 394 g/mol. The van der Waals surface area contributed by atoms with Crippen LogP contribution in [0.5, 0.6) is 0 Å². The number of carboxylic acid groups (broad SMARTS) is 1. The predicted molar refractivity (Wildman–Crippen MR) is 114 cm³/mol. The molecule has 28 heavy (non-hydrogen) atoms. The molecule has 0 fully saturated rings. The van der Waals surface area contributed by atoms with Crippen LogP contribution in [0.15, 0.2) is 12.2 Å². The second kappa shape index (κ2) is 14.6. The van der Waals surface area contributed by atoms with Gasteiger partial charge in [0.05, 0.1) is 11.8 Å². The summed E-state index contributed by atoms with van der Waals surface area (Å²) in [6.07, 6.45) is 18.3.